The molecule has 0 atom stereocenters. The Morgan fingerprint density at radius 2 is 1.94 bits per heavy atom. The Morgan fingerprint density at radius 1 is 1.24 bits per heavy atom. The van der Waals surface area contributed by atoms with Gasteiger partial charge in [0.2, 0.25) is 0 Å². The highest BCUT2D eigenvalue weighted by Crippen LogP contribution is 2.03. The fraction of sp³-hybridized carbons (Fsp3) is 0.500. The van der Waals surface area contributed by atoms with Crippen LogP contribution in [0.15, 0.2) is 23.2 Å². The van der Waals surface area contributed by atoms with E-state index in [9.17, 15) is 4.79 Å². The van der Waals surface area contributed by atoms with E-state index in [1.54, 1.807) is 6.07 Å². The molecule has 0 aliphatic carbocycles. The number of aromatic nitrogens is 1. The van der Waals surface area contributed by atoms with Crippen LogP contribution in [0.4, 0.5) is 0 Å². The van der Waals surface area contributed by atoms with Crippen LogP contribution in [-0.2, 0) is 0 Å². The molecule has 0 bridgehead atoms. The molecule has 0 unspecified atom stereocenters. The molecule has 0 spiro atoms. The van der Waals surface area contributed by atoms with E-state index in [0.29, 0.717) is 5.69 Å². The van der Waals surface area contributed by atoms with Gasteiger partial charge >= 0.3 is 0 Å². The SMILES string of the molecule is CCCCC/N=C(\C)c1cccc(C(C)=O)n1. The lowest BCUT2D eigenvalue weighted by atomic mass is 10.2. The van der Waals surface area contributed by atoms with Gasteiger partial charge < -0.3 is 0 Å². The fourth-order valence-electron chi connectivity index (χ4n) is 1.52. The maximum atomic E-state index is 11.2. The monoisotopic (exact) mass is 232 g/mol. The van der Waals surface area contributed by atoms with Crippen LogP contribution < -0.4 is 0 Å². The molecule has 92 valence electrons. The quantitative estimate of drug-likeness (QED) is 0.429. The lowest BCUT2D eigenvalue weighted by Gasteiger charge is -2.02. The maximum Gasteiger partial charge on any atom is 0.178 e. The van der Waals surface area contributed by atoms with E-state index in [2.05, 4.69) is 16.9 Å². The fourth-order valence-corrected chi connectivity index (χ4v) is 1.52. The van der Waals surface area contributed by atoms with Crippen molar-refractivity contribution in [3.05, 3.63) is 29.6 Å². The Kier molecular flexibility index (Phi) is 5.53. The first-order chi connectivity index (χ1) is 8.15. The van der Waals surface area contributed by atoms with Gasteiger partial charge in [0.1, 0.15) is 5.69 Å². The second kappa shape index (κ2) is 6.94. The molecule has 0 aliphatic rings. The molecule has 1 heterocycles. The summed E-state index contributed by atoms with van der Waals surface area (Å²) in [7, 11) is 0. The third kappa shape index (κ3) is 4.47. The first-order valence-electron chi connectivity index (χ1n) is 6.14. The normalized spacial score (nSPS) is 11.6. The van der Waals surface area contributed by atoms with Gasteiger partial charge in [0.15, 0.2) is 5.78 Å². The molecule has 3 heteroatoms. The molecule has 0 fully saturated rings. The molecule has 0 aromatic carbocycles. The molecule has 1 aromatic rings. The number of aliphatic imine (C=N–C) groups is 1. The summed E-state index contributed by atoms with van der Waals surface area (Å²) >= 11 is 0. The molecule has 0 aliphatic heterocycles. The highest BCUT2D eigenvalue weighted by atomic mass is 16.1. The number of ketones is 1. The van der Waals surface area contributed by atoms with Crippen LogP contribution in [0, 0.1) is 0 Å². The maximum absolute atomic E-state index is 11.2. The van der Waals surface area contributed by atoms with Crippen molar-refractivity contribution in [2.45, 2.75) is 40.0 Å². The van der Waals surface area contributed by atoms with Crippen molar-refractivity contribution in [3.8, 4) is 0 Å². The van der Waals surface area contributed by atoms with Crippen molar-refractivity contribution >= 4 is 11.5 Å². The summed E-state index contributed by atoms with van der Waals surface area (Å²) in [5.41, 5.74) is 2.21. The van der Waals surface area contributed by atoms with Gasteiger partial charge in [-0.25, -0.2) is 4.98 Å². The molecule has 1 rings (SSSR count). The average molecular weight is 232 g/mol. The lowest BCUT2D eigenvalue weighted by molar-refractivity contribution is 0.101. The zero-order chi connectivity index (χ0) is 12.7. The molecule has 0 amide bonds. The molecular formula is C14H20N2O. The summed E-state index contributed by atoms with van der Waals surface area (Å²) in [4.78, 5) is 20.0. The van der Waals surface area contributed by atoms with Crippen LogP contribution in [0.3, 0.4) is 0 Å². The van der Waals surface area contributed by atoms with Gasteiger partial charge in [0, 0.05) is 13.5 Å². The Labute approximate surface area is 103 Å². The van der Waals surface area contributed by atoms with Crippen molar-refractivity contribution in [2.24, 2.45) is 4.99 Å². The number of hydrogen-bond acceptors (Lipinski definition) is 3. The van der Waals surface area contributed by atoms with Crippen LogP contribution >= 0.6 is 0 Å². The molecule has 0 N–H and O–H groups in total. The number of hydrogen-bond donors (Lipinski definition) is 0. The van der Waals surface area contributed by atoms with E-state index in [4.69, 9.17) is 0 Å². The standard InChI is InChI=1S/C14H20N2O/c1-4-5-6-10-15-11(2)13-8-7-9-14(16-13)12(3)17/h7-9H,4-6,10H2,1-3H3/b15-11+. The Hall–Kier alpha value is -1.51. The van der Waals surface area contributed by atoms with E-state index in [1.807, 2.05) is 19.1 Å². The zero-order valence-corrected chi connectivity index (χ0v) is 10.9. The van der Waals surface area contributed by atoms with Gasteiger partial charge in [-0.05, 0) is 25.5 Å². The van der Waals surface area contributed by atoms with E-state index in [0.717, 1.165) is 24.4 Å². The number of carbonyl (C=O) groups excluding carboxylic acids is 1. The first kappa shape index (κ1) is 13.6. The summed E-state index contributed by atoms with van der Waals surface area (Å²) < 4.78 is 0. The molecule has 3 nitrogen and oxygen atoms in total. The van der Waals surface area contributed by atoms with Gasteiger partial charge in [-0.2, -0.15) is 0 Å². The second-order valence-electron chi connectivity index (χ2n) is 4.14. The van der Waals surface area contributed by atoms with E-state index in [1.165, 1.54) is 19.8 Å². The number of pyridine rings is 1. The van der Waals surface area contributed by atoms with Crippen molar-refractivity contribution in [3.63, 3.8) is 0 Å². The smallest absolute Gasteiger partial charge is 0.178 e. The number of rotatable bonds is 6. The van der Waals surface area contributed by atoms with E-state index < -0.39 is 0 Å². The molecule has 1 aromatic heterocycles. The Balaban J connectivity index is 2.71. The molecule has 0 saturated carbocycles. The van der Waals surface area contributed by atoms with Gasteiger partial charge in [0.05, 0.1) is 11.4 Å². The van der Waals surface area contributed by atoms with Gasteiger partial charge in [-0.3, -0.25) is 9.79 Å². The molecule has 17 heavy (non-hydrogen) atoms. The topological polar surface area (TPSA) is 42.3 Å². The minimum absolute atomic E-state index is 0.00867. The predicted octanol–water partition coefficient (Wildman–Crippen LogP) is 3.28. The molecular weight excluding hydrogens is 212 g/mol. The largest absolute Gasteiger partial charge is 0.293 e. The Bertz CT molecular complexity index is 410. The Morgan fingerprint density at radius 3 is 2.59 bits per heavy atom. The summed E-state index contributed by atoms with van der Waals surface area (Å²) in [6, 6.07) is 5.48. The third-order valence-electron chi connectivity index (χ3n) is 2.59. The lowest BCUT2D eigenvalue weighted by Crippen LogP contribution is -2.04. The summed E-state index contributed by atoms with van der Waals surface area (Å²) in [6.45, 7) is 6.48. The van der Waals surface area contributed by atoms with Crippen LogP contribution in [0.5, 0.6) is 0 Å². The van der Waals surface area contributed by atoms with Crippen LogP contribution in [0.25, 0.3) is 0 Å². The number of nitrogens with zero attached hydrogens (tertiary/aromatic N) is 2. The van der Waals surface area contributed by atoms with Crippen LogP contribution in [0.2, 0.25) is 0 Å². The number of carbonyl (C=O) groups is 1. The number of Topliss-reactive ketones (excluding diaryl/α,β-unsaturated/α-hetero) is 1. The molecule has 0 saturated heterocycles. The second-order valence-corrected chi connectivity index (χ2v) is 4.14. The summed E-state index contributed by atoms with van der Waals surface area (Å²) in [5.74, 6) is -0.00867. The minimum atomic E-state index is -0.00867. The summed E-state index contributed by atoms with van der Waals surface area (Å²) in [5, 5.41) is 0. The van der Waals surface area contributed by atoms with Crippen molar-refractivity contribution in [1.29, 1.82) is 0 Å². The zero-order valence-electron chi connectivity index (χ0n) is 10.9. The van der Waals surface area contributed by atoms with Gasteiger partial charge in [-0.1, -0.05) is 25.8 Å². The van der Waals surface area contributed by atoms with Gasteiger partial charge in [-0.15, -0.1) is 0 Å². The summed E-state index contributed by atoms with van der Waals surface area (Å²) in [6.07, 6.45) is 3.52. The van der Waals surface area contributed by atoms with Crippen molar-refractivity contribution in [1.82, 2.24) is 4.98 Å². The van der Waals surface area contributed by atoms with E-state index >= 15 is 0 Å². The first-order valence-corrected chi connectivity index (χ1v) is 6.14. The van der Waals surface area contributed by atoms with E-state index in [-0.39, 0.29) is 5.78 Å². The van der Waals surface area contributed by atoms with Crippen LogP contribution in [-0.4, -0.2) is 23.0 Å². The highest BCUT2D eigenvalue weighted by molar-refractivity contribution is 5.99. The minimum Gasteiger partial charge on any atom is -0.293 e. The van der Waals surface area contributed by atoms with Crippen LogP contribution in [0.1, 0.15) is 56.2 Å². The highest BCUT2D eigenvalue weighted by Gasteiger charge is 2.04. The van der Waals surface area contributed by atoms with Gasteiger partial charge in [0.25, 0.3) is 0 Å². The molecule has 0 radical (unpaired) electrons. The third-order valence-corrected chi connectivity index (χ3v) is 2.59. The van der Waals surface area contributed by atoms with Crippen molar-refractivity contribution in [2.75, 3.05) is 6.54 Å². The number of unbranched alkanes of at least 4 members (excludes halogenated alkanes) is 2. The predicted molar refractivity (Wildman–Crippen MR) is 70.8 cm³/mol. The average Bonchev–Trinajstić information content (AvgIpc) is 2.34. The van der Waals surface area contributed by atoms with Crippen molar-refractivity contribution < 1.29 is 4.79 Å².